The van der Waals surface area contributed by atoms with Crippen molar-refractivity contribution in [3.8, 4) is 11.5 Å². The maximum atomic E-state index is 13.4. The van der Waals surface area contributed by atoms with Crippen LogP contribution in [0.5, 0.6) is 11.5 Å². The molecule has 1 N–H and O–H groups in total. The molecule has 2 saturated heterocycles. The Bertz CT molecular complexity index is 834. The van der Waals surface area contributed by atoms with Crippen molar-refractivity contribution < 1.29 is 19.1 Å². The maximum absolute atomic E-state index is 13.4. The fraction of sp³-hybridized carbons (Fsp3) is 0.680. The Hall–Kier alpha value is -2.28. The van der Waals surface area contributed by atoms with Gasteiger partial charge < -0.3 is 19.7 Å². The summed E-state index contributed by atoms with van der Waals surface area (Å²) in [4.78, 5) is 31.1. The van der Waals surface area contributed by atoms with Gasteiger partial charge >= 0.3 is 0 Å². The largest absolute Gasteiger partial charge is 0.486 e. The van der Waals surface area contributed by atoms with Crippen LogP contribution in [-0.4, -0.2) is 66.0 Å². The van der Waals surface area contributed by atoms with Gasteiger partial charge in [-0.25, -0.2) is 0 Å². The van der Waals surface area contributed by atoms with Gasteiger partial charge in [-0.05, 0) is 42.9 Å². The van der Waals surface area contributed by atoms with E-state index in [1.54, 1.807) is 0 Å². The summed E-state index contributed by atoms with van der Waals surface area (Å²) in [5, 5.41) is 3.10. The average Bonchev–Trinajstić information content (AvgIpc) is 2.82. The summed E-state index contributed by atoms with van der Waals surface area (Å²) in [7, 11) is 0. The van der Waals surface area contributed by atoms with Crippen molar-refractivity contribution in [2.24, 2.45) is 5.92 Å². The molecule has 0 aromatic heterocycles. The molecular weight excluding hydrogens is 406 g/mol. The van der Waals surface area contributed by atoms with Gasteiger partial charge in [-0.1, -0.05) is 39.7 Å². The van der Waals surface area contributed by atoms with Gasteiger partial charge in [0.15, 0.2) is 11.5 Å². The minimum atomic E-state index is -0.709. The van der Waals surface area contributed by atoms with Gasteiger partial charge in [0.2, 0.25) is 11.8 Å². The lowest BCUT2D eigenvalue weighted by molar-refractivity contribution is -0.162. The van der Waals surface area contributed by atoms with Crippen molar-refractivity contribution in [2.45, 2.75) is 71.0 Å². The van der Waals surface area contributed by atoms with Crippen LogP contribution < -0.4 is 14.8 Å². The molecule has 1 aromatic rings. The minimum Gasteiger partial charge on any atom is -0.486 e. The molecule has 2 atom stereocenters. The number of fused-ring (bicyclic) bond motifs is 1. The molecule has 1 aromatic carbocycles. The molecule has 7 heteroatoms. The molecule has 3 aliphatic rings. The number of likely N-dealkylation sites (tertiary alicyclic amines) is 1. The van der Waals surface area contributed by atoms with Crippen LogP contribution in [-0.2, 0) is 16.1 Å². The molecule has 2 fully saturated rings. The fourth-order valence-electron chi connectivity index (χ4n) is 5.12. The molecule has 2 amide bonds. The Kier molecular flexibility index (Phi) is 6.93. The Labute approximate surface area is 191 Å². The van der Waals surface area contributed by atoms with Crippen LogP contribution in [0.2, 0.25) is 0 Å². The highest BCUT2D eigenvalue weighted by atomic mass is 16.6. The van der Waals surface area contributed by atoms with Crippen molar-refractivity contribution in [1.29, 1.82) is 0 Å². The number of carbonyl (C=O) groups is 2. The molecule has 3 aliphatic heterocycles. The number of hydrogen-bond acceptors (Lipinski definition) is 5. The summed E-state index contributed by atoms with van der Waals surface area (Å²) in [5.74, 6) is 1.90. The Morgan fingerprint density at radius 1 is 1.12 bits per heavy atom. The second kappa shape index (κ2) is 9.69. The van der Waals surface area contributed by atoms with Crippen molar-refractivity contribution in [1.82, 2.24) is 15.1 Å². The summed E-state index contributed by atoms with van der Waals surface area (Å²) in [5.41, 5.74) is 0.466. The number of benzene rings is 1. The monoisotopic (exact) mass is 443 g/mol. The van der Waals surface area contributed by atoms with Crippen molar-refractivity contribution >= 4 is 11.8 Å². The predicted molar refractivity (Wildman–Crippen MR) is 123 cm³/mol. The van der Waals surface area contributed by atoms with E-state index in [-0.39, 0.29) is 17.7 Å². The predicted octanol–water partition coefficient (Wildman–Crippen LogP) is 2.97. The minimum absolute atomic E-state index is 0.0393. The number of rotatable bonds is 7. The Morgan fingerprint density at radius 3 is 2.53 bits per heavy atom. The fourth-order valence-corrected chi connectivity index (χ4v) is 5.12. The quantitative estimate of drug-likeness (QED) is 0.702. The summed E-state index contributed by atoms with van der Waals surface area (Å²) >= 11 is 0. The van der Waals surface area contributed by atoms with E-state index in [1.165, 1.54) is 5.56 Å². The third kappa shape index (κ3) is 4.32. The third-order valence-corrected chi connectivity index (χ3v) is 7.40. The Balaban J connectivity index is 1.46. The SMILES string of the molecule is CCCCN1C(=O)[C@@H]([C@H](C)CC)NC(=O)C12CCN(Cc1ccc3c(c1)OCCO3)CC2. The number of ether oxygens (including phenoxy) is 2. The highest BCUT2D eigenvalue weighted by Crippen LogP contribution is 2.36. The second-order valence-electron chi connectivity index (χ2n) is 9.47. The molecule has 0 saturated carbocycles. The first-order valence-corrected chi connectivity index (χ1v) is 12.2. The lowest BCUT2D eigenvalue weighted by Crippen LogP contribution is -2.73. The zero-order valence-corrected chi connectivity index (χ0v) is 19.7. The number of nitrogens with zero attached hydrogens (tertiary/aromatic N) is 2. The van der Waals surface area contributed by atoms with Gasteiger partial charge in [0.05, 0.1) is 0 Å². The van der Waals surface area contributed by atoms with E-state index in [0.29, 0.717) is 32.6 Å². The highest BCUT2D eigenvalue weighted by Gasteiger charge is 2.53. The molecule has 32 heavy (non-hydrogen) atoms. The van der Waals surface area contributed by atoms with Crippen LogP contribution in [0.15, 0.2) is 18.2 Å². The normalized spacial score (nSPS) is 23.8. The van der Waals surface area contributed by atoms with Gasteiger partial charge in [-0.15, -0.1) is 0 Å². The zero-order valence-electron chi connectivity index (χ0n) is 19.7. The highest BCUT2D eigenvalue weighted by molar-refractivity contribution is 6.00. The lowest BCUT2D eigenvalue weighted by Gasteiger charge is -2.52. The molecule has 0 aliphatic carbocycles. The number of nitrogens with one attached hydrogen (secondary N) is 1. The van der Waals surface area contributed by atoms with E-state index >= 15 is 0 Å². The topological polar surface area (TPSA) is 71.1 Å². The van der Waals surface area contributed by atoms with Crippen molar-refractivity contribution in [3.63, 3.8) is 0 Å². The van der Waals surface area contributed by atoms with Gasteiger partial charge in [0, 0.05) is 26.2 Å². The summed E-state index contributed by atoms with van der Waals surface area (Å²) in [6, 6.07) is 5.72. The zero-order chi connectivity index (χ0) is 22.7. The first-order valence-electron chi connectivity index (χ1n) is 12.2. The van der Waals surface area contributed by atoms with E-state index in [4.69, 9.17) is 9.47 Å². The number of piperazine rings is 1. The smallest absolute Gasteiger partial charge is 0.246 e. The second-order valence-corrected chi connectivity index (χ2v) is 9.47. The van der Waals surface area contributed by atoms with Crippen molar-refractivity contribution in [2.75, 3.05) is 32.8 Å². The van der Waals surface area contributed by atoms with Gasteiger partial charge in [-0.2, -0.15) is 0 Å². The molecule has 3 heterocycles. The number of carbonyl (C=O) groups excluding carboxylic acids is 2. The summed E-state index contributed by atoms with van der Waals surface area (Å²) in [6.07, 6.45) is 4.15. The van der Waals surface area contributed by atoms with Gasteiger partial charge in [0.25, 0.3) is 0 Å². The number of hydrogen-bond donors (Lipinski definition) is 1. The lowest BCUT2D eigenvalue weighted by atomic mass is 9.80. The van der Waals surface area contributed by atoms with Crippen LogP contribution in [0.3, 0.4) is 0 Å². The maximum Gasteiger partial charge on any atom is 0.246 e. The van der Waals surface area contributed by atoms with Crippen LogP contribution in [0.4, 0.5) is 0 Å². The van der Waals surface area contributed by atoms with Gasteiger partial charge in [0.1, 0.15) is 24.8 Å². The third-order valence-electron chi connectivity index (χ3n) is 7.40. The molecule has 7 nitrogen and oxygen atoms in total. The average molecular weight is 444 g/mol. The molecule has 0 radical (unpaired) electrons. The van der Waals surface area contributed by atoms with E-state index in [1.807, 2.05) is 11.0 Å². The Morgan fingerprint density at radius 2 is 1.84 bits per heavy atom. The first kappa shape index (κ1) is 22.9. The molecule has 0 unspecified atom stereocenters. The van der Waals surface area contributed by atoms with E-state index in [0.717, 1.165) is 50.4 Å². The molecule has 176 valence electrons. The van der Waals surface area contributed by atoms with Crippen molar-refractivity contribution in [3.05, 3.63) is 23.8 Å². The van der Waals surface area contributed by atoms with E-state index in [2.05, 4.69) is 43.1 Å². The molecule has 0 bridgehead atoms. The molecule has 4 rings (SSSR count). The first-order chi connectivity index (χ1) is 15.5. The number of piperidine rings is 1. The standard InChI is InChI=1S/C25H37N3O4/c1-4-6-11-28-23(29)22(18(3)5-2)26-24(30)25(28)9-12-27(13-10-25)17-19-7-8-20-21(16-19)32-15-14-31-20/h7-8,16,18,22H,4-6,9-15,17H2,1-3H3,(H,26,30)/t18-,22-/m1/s1. The van der Waals surface area contributed by atoms with E-state index < -0.39 is 11.6 Å². The van der Waals surface area contributed by atoms with Crippen LogP contribution in [0.1, 0.15) is 58.4 Å². The van der Waals surface area contributed by atoms with E-state index in [9.17, 15) is 9.59 Å². The van der Waals surface area contributed by atoms with Crippen LogP contribution >= 0.6 is 0 Å². The summed E-state index contributed by atoms with van der Waals surface area (Å²) < 4.78 is 11.3. The number of amides is 2. The molecular formula is C25H37N3O4. The summed E-state index contributed by atoms with van der Waals surface area (Å²) in [6.45, 7) is 10.5. The van der Waals surface area contributed by atoms with Crippen LogP contribution in [0.25, 0.3) is 0 Å². The van der Waals surface area contributed by atoms with Gasteiger partial charge in [-0.3, -0.25) is 14.5 Å². The molecule has 1 spiro atoms. The van der Waals surface area contributed by atoms with Crippen LogP contribution in [0, 0.1) is 5.92 Å². The number of unbranched alkanes of at least 4 members (excludes halogenated alkanes) is 1.